The molecule has 1 unspecified atom stereocenters. The van der Waals surface area contributed by atoms with Crippen molar-refractivity contribution in [3.05, 3.63) is 29.3 Å². The third kappa shape index (κ3) is 3.13. The smallest absolute Gasteiger partial charge is 0.258 e. The van der Waals surface area contributed by atoms with Crippen molar-refractivity contribution in [2.24, 2.45) is 0 Å². The minimum absolute atomic E-state index is 0.0311. The summed E-state index contributed by atoms with van der Waals surface area (Å²) in [5.41, 5.74) is 0.0573. The van der Waals surface area contributed by atoms with Crippen LogP contribution >= 0.6 is 0 Å². The molecular formula is C16H18N2O6. The molecule has 0 radical (unpaired) electrons. The summed E-state index contributed by atoms with van der Waals surface area (Å²) in [5.74, 6) is -1.32. The molecule has 0 saturated carbocycles. The third-order valence-electron chi connectivity index (χ3n) is 4.03. The molecule has 0 aromatic heterocycles. The summed E-state index contributed by atoms with van der Waals surface area (Å²) in [6.07, 6.45) is 0.868. The number of aldehydes is 1. The van der Waals surface area contributed by atoms with Gasteiger partial charge in [-0.25, -0.2) is 0 Å². The predicted molar refractivity (Wildman–Crippen MR) is 82.4 cm³/mol. The summed E-state index contributed by atoms with van der Waals surface area (Å²) < 4.78 is 5.00. The van der Waals surface area contributed by atoms with E-state index in [1.807, 2.05) is 0 Å². The van der Waals surface area contributed by atoms with E-state index in [2.05, 4.69) is 0 Å². The zero-order chi connectivity index (χ0) is 17.9. The molecular weight excluding hydrogens is 316 g/mol. The summed E-state index contributed by atoms with van der Waals surface area (Å²) in [7, 11) is 2.80. The first-order chi connectivity index (χ1) is 11.4. The Balaban J connectivity index is 2.36. The molecule has 1 heterocycles. The van der Waals surface area contributed by atoms with Gasteiger partial charge in [0.2, 0.25) is 5.91 Å². The number of carbonyl (C=O) groups is 4. The number of likely N-dealkylation sites (N-methyl/N-ethyl adjacent to an activating group) is 2. The average Bonchev–Trinajstić information content (AvgIpc) is 2.58. The Hall–Kier alpha value is -2.74. The van der Waals surface area contributed by atoms with Crippen LogP contribution in [0, 0.1) is 0 Å². The molecule has 8 heteroatoms. The number of piperidine rings is 1. The molecule has 1 aliphatic heterocycles. The number of hydrogen-bond donors (Lipinski definition) is 1. The summed E-state index contributed by atoms with van der Waals surface area (Å²) in [5, 5.41) is 8.95. The van der Waals surface area contributed by atoms with E-state index in [1.54, 1.807) is 0 Å². The van der Waals surface area contributed by atoms with Crippen molar-refractivity contribution < 1.29 is 29.0 Å². The molecule has 1 aromatic rings. The van der Waals surface area contributed by atoms with Gasteiger partial charge >= 0.3 is 0 Å². The minimum atomic E-state index is -0.804. The lowest BCUT2D eigenvalue weighted by atomic mass is 10.0. The largest absolute Gasteiger partial charge is 0.467 e. The maximum atomic E-state index is 12.8. The number of likely N-dealkylation sites (tertiary alicyclic amines) is 1. The molecule has 1 atom stereocenters. The maximum Gasteiger partial charge on any atom is 0.258 e. The quantitative estimate of drug-likeness (QED) is 0.463. The first kappa shape index (κ1) is 17.6. The number of carbonyl (C=O) groups excluding carboxylic acids is 4. The monoisotopic (exact) mass is 334 g/mol. The molecule has 3 amide bonds. The van der Waals surface area contributed by atoms with Gasteiger partial charge in [-0.15, -0.1) is 0 Å². The highest BCUT2D eigenvalue weighted by Crippen LogP contribution is 2.25. The SMILES string of the molecule is CN1C(=O)CCC(N(C)C(=O)c2c(C=O)cccc2OCO)C1=O. The van der Waals surface area contributed by atoms with Crippen LogP contribution in [0.1, 0.15) is 33.6 Å². The van der Waals surface area contributed by atoms with Gasteiger partial charge in [-0.05, 0) is 12.5 Å². The Kier molecular flexibility index (Phi) is 5.30. The fraction of sp³-hybridized carbons (Fsp3) is 0.375. The molecule has 0 aliphatic carbocycles. The van der Waals surface area contributed by atoms with E-state index in [1.165, 1.54) is 37.2 Å². The number of aliphatic hydroxyl groups excluding tert-OH is 1. The van der Waals surface area contributed by atoms with Crippen LogP contribution in [0.25, 0.3) is 0 Å². The lowest BCUT2D eigenvalue weighted by molar-refractivity contribution is -0.150. The number of amides is 3. The fourth-order valence-electron chi connectivity index (χ4n) is 2.64. The zero-order valence-corrected chi connectivity index (χ0v) is 13.4. The van der Waals surface area contributed by atoms with Crippen molar-refractivity contribution in [3.8, 4) is 5.75 Å². The van der Waals surface area contributed by atoms with Gasteiger partial charge in [0.05, 0.1) is 5.56 Å². The molecule has 0 bridgehead atoms. The van der Waals surface area contributed by atoms with Gasteiger partial charge in [0.15, 0.2) is 13.1 Å². The van der Waals surface area contributed by atoms with Crippen molar-refractivity contribution in [1.82, 2.24) is 9.80 Å². The van der Waals surface area contributed by atoms with E-state index in [-0.39, 0.29) is 35.6 Å². The molecule has 2 rings (SSSR count). The highest BCUT2D eigenvalue weighted by molar-refractivity contribution is 6.07. The molecule has 1 aromatic carbocycles. The van der Waals surface area contributed by atoms with E-state index in [9.17, 15) is 19.2 Å². The Morgan fingerprint density at radius 2 is 2.17 bits per heavy atom. The van der Waals surface area contributed by atoms with E-state index in [0.29, 0.717) is 6.29 Å². The van der Waals surface area contributed by atoms with Crippen LogP contribution in [0.2, 0.25) is 0 Å². The summed E-state index contributed by atoms with van der Waals surface area (Å²) in [6, 6.07) is 3.60. The highest BCUT2D eigenvalue weighted by atomic mass is 16.6. The van der Waals surface area contributed by atoms with Crippen molar-refractivity contribution in [2.75, 3.05) is 20.9 Å². The number of rotatable bonds is 5. The van der Waals surface area contributed by atoms with Gasteiger partial charge in [-0.3, -0.25) is 24.1 Å². The zero-order valence-electron chi connectivity index (χ0n) is 13.4. The topological polar surface area (TPSA) is 104 Å². The Bertz CT molecular complexity index is 687. The van der Waals surface area contributed by atoms with Crippen LogP contribution < -0.4 is 4.74 Å². The van der Waals surface area contributed by atoms with Crippen LogP contribution in [0.3, 0.4) is 0 Å². The van der Waals surface area contributed by atoms with Crippen molar-refractivity contribution in [1.29, 1.82) is 0 Å². The van der Waals surface area contributed by atoms with Crippen LogP contribution in [-0.2, 0) is 9.59 Å². The van der Waals surface area contributed by atoms with E-state index < -0.39 is 24.6 Å². The normalized spacial score (nSPS) is 17.6. The first-order valence-electron chi connectivity index (χ1n) is 7.31. The Morgan fingerprint density at radius 3 is 2.79 bits per heavy atom. The Labute approximate surface area is 138 Å². The lowest BCUT2D eigenvalue weighted by Gasteiger charge is -2.34. The average molecular weight is 334 g/mol. The number of hydrogen-bond acceptors (Lipinski definition) is 6. The molecule has 1 saturated heterocycles. The van der Waals surface area contributed by atoms with Gasteiger partial charge in [-0.1, -0.05) is 12.1 Å². The summed E-state index contributed by atoms with van der Waals surface area (Å²) in [6.45, 7) is -0.661. The fourth-order valence-corrected chi connectivity index (χ4v) is 2.64. The van der Waals surface area contributed by atoms with E-state index in [4.69, 9.17) is 9.84 Å². The first-order valence-corrected chi connectivity index (χ1v) is 7.31. The lowest BCUT2D eigenvalue weighted by Crippen LogP contribution is -2.53. The van der Waals surface area contributed by atoms with Crippen LogP contribution in [-0.4, -0.2) is 65.8 Å². The van der Waals surface area contributed by atoms with Gasteiger partial charge in [0.25, 0.3) is 11.8 Å². The number of aliphatic hydroxyl groups is 1. The molecule has 1 aliphatic rings. The second kappa shape index (κ2) is 7.22. The molecule has 128 valence electrons. The summed E-state index contributed by atoms with van der Waals surface area (Å²) in [4.78, 5) is 50.0. The minimum Gasteiger partial charge on any atom is -0.467 e. The van der Waals surface area contributed by atoms with Crippen LogP contribution in [0.5, 0.6) is 5.75 Å². The van der Waals surface area contributed by atoms with E-state index in [0.717, 1.165) is 4.90 Å². The van der Waals surface area contributed by atoms with Gasteiger partial charge < -0.3 is 14.7 Å². The molecule has 24 heavy (non-hydrogen) atoms. The van der Waals surface area contributed by atoms with Crippen molar-refractivity contribution in [3.63, 3.8) is 0 Å². The van der Waals surface area contributed by atoms with Crippen molar-refractivity contribution >= 4 is 24.0 Å². The number of nitrogens with zero attached hydrogens (tertiary/aromatic N) is 2. The van der Waals surface area contributed by atoms with Gasteiger partial charge in [0, 0.05) is 26.1 Å². The molecule has 1 fully saturated rings. The number of benzene rings is 1. The third-order valence-corrected chi connectivity index (χ3v) is 4.03. The molecule has 8 nitrogen and oxygen atoms in total. The maximum absolute atomic E-state index is 12.8. The van der Waals surface area contributed by atoms with Gasteiger partial charge in [0.1, 0.15) is 11.8 Å². The highest BCUT2D eigenvalue weighted by Gasteiger charge is 2.37. The number of imide groups is 1. The van der Waals surface area contributed by atoms with Gasteiger partial charge in [-0.2, -0.15) is 0 Å². The second-order valence-corrected chi connectivity index (χ2v) is 5.37. The summed E-state index contributed by atoms with van der Waals surface area (Å²) >= 11 is 0. The molecule has 0 spiro atoms. The predicted octanol–water partition coefficient (Wildman–Crippen LogP) is 0.0471. The molecule has 1 N–H and O–H groups in total. The van der Waals surface area contributed by atoms with E-state index >= 15 is 0 Å². The number of ether oxygens (including phenoxy) is 1. The second-order valence-electron chi connectivity index (χ2n) is 5.37. The van der Waals surface area contributed by atoms with Crippen LogP contribution in [0.15, 0.2) is 18.2 Å². The van der Waals surface area contributed by atoms with Crippen molar-refractivity contribution in [2.45, 2.75) is 18.9 Å². The Morgan fingerprint density at radius 1 is 1.46 bits per heavy atom. The van der Waals surface area contributed by atoms with Crippen LogP contribution in [0.4, 0.5) is 0 Å². The standard InChI is InChI=1S/C16H18N2O6/c1-17(11-6-7-13(21)18(2)15(11)22)16(23)14-10(8-19)4-3-5-12(14)24-9-20/h3-5,8,11,20H,6-7,9H2,1-2H3.